The summed E-state index contributed by atoms with van der Waals surface area (Å²) in [5.41, 5.74) is 0.403. The molecule has 2 aliphatic heterocycles. The minimum absolute atomic E-state index is 0.167. The van der Waals surface area contributed by atoms with Crippen molar-refractivity contribution >= 4 is 39.2 Å². The van der Waals surface area contributed by atoms with Gasteiger partial charge in [-0.1, -0.05) is 23.2 Å². The third-order valence-corrected chi connectivity index (χ3v) is 6.29. The first-order chi connectivity index (χ1) is 10.7. The molecule has 3 rings (SSSR count). The third kappa shape index (κ3) is 3.50. The highest BCUT2D eigenvalue weighted by molar-refractivity contribution is 7.86. The molecule has 0 amide bonds. The molecule has 2 fully saturated rings. The van der Waals surface area contributed by atoms with Crippen molar-refractivity contribution in [2.24, 2.45) is 4.36 Å². The van der Waals surface area contributed by atoms with Crippen LogP contribution in [0.1, 0.15) is 5.56 Å². The van der Waals surface area contributed by atoms with Crippen molar-refractivity contribution in [3.63, 3.8) is 0 Å². The van der Waals surface area contributed by atoms with Crippen molar-refractivity contribution in [3.8, 4) is 0 Å². The van der Waals surface area contributed by atoms with Crippen LogP contribution in [0.25, 0.3) is 0 Å². The number of likely N-dealkylation sites (N-methyl/N-ethyl adjacent to an activating group) is 1. The standard InChI is InChI=1S/C14H18Cl2FN3O2S/c1-10-12(15)5-11(6-13(10)16)18-23(17,21)20-8-14(9-20)7-19(2)3-4-22-14/h5-6H,3-4,7-9H2,1-2H3. The van der Waals surface area contributed by atoms with Gasteiger partial charge < -0.3 is 9.64 Å². The molecule has 0 aliphatic carbocycles. The summed E-state index contributed by atoms with van der Waals surface area (Å²) in [6.07, 6.45) is 0. The van der Waals surface area contributed by atoms with Gasteiger partial charge in [0.15, 0.2) is 0 Å². The van der Waals surface area contributed by atoms with Gasteiger partial charge in [0.1, 0.15) is 5.60 Å². The Morgan fingerprint density at radius 1 is 1.30 bits per heavy atom. The highest BCUT2D eigenvalue weighted by Gasteiger charge is 2.50. The second-order valence-electron chi connectivity index (χ2n) is 6.12. The zero-order valence-corrected chi connectivity index (χ0v) is 15.2. The van der Waals surface area contributed by atoms with Gasteiger partial charge in [-0.25, -0.2) is 0 Å². The summed E-state index contributed by atoms with van der Waals surface area (Å²) in [5, 5.41) is 0.729. The molecule has 1 unspecified atom stereocenters. The van der Waals surface area contributed by atoms with Crippen LogP contribution < -0.4 is 0 Å². The molecule has 9 heteroatoms. The van der Waals surface area contributed by atoms with Crippen LogP contribution >= 0.6 is 23.2 Å². The summed E-state index contributed by atoms with van der Waals surface area (Å²) < 4.78 is 37.5. The van der Waals surface area contributed by atoms with Gasteiger partial charge in [-0.2, -0.15) is 12.9 Å². The van der Waals surface area contributed by atoms with Crippen LogP contribution in [0.15, 0.2) is 16.5 Å². The summed E-state index contributed by atoms with van der Waals surface area (Å²) in [7, 11) is -2.04. The monoisotopic (exact) mass is 381 g/mol. The Morgan fingerprint density at radius 3 is 2.48 bits per heavy atom. The van der Waals surface area contributed by atoms with E-state index in [2.05, 4.69) is 9.26 Å². The van der Waals surface area contributed by atoms with Gasteiger partial charge in [-0.15, -0.1) is 3.89 Å². The van der Waals surface area contributed by atoms with Crippen LogP contribution in [0.3, 0.4) is 0 Å². The van der Waals surface area contributed by atoms with E-state index in [-0.39, 0.29) is 18.8 Å². The first-order valence-electron chi connectivity index (χ1n) is 7.21. The molecule has 0 N–H and O–H groups in total. The van der Waals surface area contributed by atoms with Crippen LogP contribution in [0.4, 0.5) is 9.57 Å². The molecule has 0 aromatic heterocycles. The van der Waals surface area contributed by atoms with Crippen molar-refractivity contribution in [1.82, 2.24) is 9.21 Å². The predicted molar refractivity (Wildman–Crippen MR) is 90.3 cm³/mol. The Labute approximate surface area is 145 Å². The number of hydrogen-bond acceptors (Lipinski definition) is 4. The van der Waals surface area contributed by atoms with Crippen LogP contribution in [0, 0.1) is 6.92 Å². The zero-order valence-electron chi connectivity index (χ0n) is 12.9. The fourth-order valence-corrected chi connectivity index (χ4v) is 4.60. The van der Waals surface area contributed by atoms with Crippen molar-refractivity contribution < 1.29 is 12.8 Å². The maximum atomic E-state index is 14.6. The SMILES string of the molecule is Cc1c(Cl)cc(N=S(=O)(F)N2CC3(CN(C)CCO3)C2)cc1Cl. The normalized spacial score (nSPS) is 24.2. The lowest BCUT2D eigenvalue weighted by Gasteiger charge is -2.52. The fourth-order valence-electron chi connectivity index (χ4n) is 2.85. The number of ether oxygens (including phenoxy) is 1. The average Bonchev–Trinajstić information content (AvgIpc) is 2.41. The van der Waals surface area contributed by atoms with E-state index < -0.39 is 15.9 Å². The summed E-state index contributed by atoms with van der Waals surface area (Å²) in [6.45, 7) is 4.39. The number of benzene rings is 1. The Morgan fingerprint density at radius 2 is 1.91 bits per heavy atom. The zero-order chi connectivity index (χ0) is 16.8. The molecule has 1 spiro atoms. The third-order valence-electron chi connectivity index (χ3n) is 4.17. The summed E-state index contributed by atoms with van der Waals surface area (Å²) in [4.78, 5) is 2.12. The number of hydrogen-bond donors (Lipinski definition) is 0. The van der Waals surface area contributed by atoms with E-state index in [1.165, 1.54) is 16.4 Å². The predicted octanol–water partition coefficient (Wildman–Crippen LogP) is 3.22. The molecule has 2 saturated heterocycles. The number of rotatable bonds is 2. The van der Waals surface area contributed by atoms with Gasteiger partial charge in [0, 0.05) is 36.2 Å². The smallest absolute Gasteiger partial charge is 0.276 e. The van der Waals surface area contributed by atoms with E-state index in [4.69, 9.17) is 27.9 Å². The van der Waals surface area contributed by atoms with E-state index in [1.807, 2.05) is 7.05 Å². The lowest BCUT2D eigenvalue weighted by Crippen LogP contribution is -2.70. The first kappa shape index (κ1) is 17.4. The van der Waals surface area contributed by atoms with Crippen molar-refractivity contribution in [1.29, 1.82) is 0 Å². The molecule has 128 valence electrons. The highest BCUT2D eigenvalue weighted by Crippen LogP contribution is 2.35. The molecule has 0 saturated carbocycles. The van der Waals surface area contributed by atoms with Crippen LogP contribution in [0.5, 0.6) is 0 Å². The second kappa shape index (κ2) is 6.13. The van der Waals surface area contributed by atoms with E-state index in [1.54, 1.807) is 6.92 Å². The van der Waals surface area contributed by atoms with Gasteiger partial charge in [0.2, 0.25) is 0 Å². The molecule has 2 aliphatic rings. The molecule has 0 bridgehead atoms. The minimum Gasteiger partial charge on any atom is -0.370 e. The lowest BCUT2D eigenvalue weighted by molar-refractivity contribution is -0.158. The van der Waals surface area contributed by atoms with Gasteiger partial charge in [-0.05, 0) is 31.7 Å². The molecule has 0 radical (unpaired) electrons. The van der Waals surface area contributed by atoms with Gasteiger partial charge in [-0.3, -0.25) is 0 Å². The fraction of sp³-hybridized carbons (Fsp3) is 0.571. The molecule has 1 atom stereocenters. The molecule has 1 aromatic carbocycles. The Balaban J connectivity index is 1.79. The number of morpholine rings is 1. The Kier molecular flexibility index (Phi) is 4.63. The van der Waals surface area contributed by atoms with E-state index in [9.17, 15) is 8.09 Å². The van der Waals surface area contributed by atoms with E-state index >= 15 is 0 Å². The second-order valence-corrected chi connectivity index (χ2v) is 8.50. The molecule has 23 heavy (non-hydrogen) atoms. The maximum absolute atomic E-state index is 14.6. The molecular weight excluding hydrogens is 364 g/mol. The molecular formula is C14H18Cl2FN3O2S. The van der Waals surface area contributed by atoms with Crippen molar-refractivity contribution in [3.05, 3.63) is 27.7 Å². The Hall–Kier alpha value is -0.440. The van der Waals surface area contributed by atoms with Crippen LogP contribution in [0.2, 0.25) is 10.0 Å². The largest absolute Gasteiger partial charge is 0.370 e. The first-order valence-corrected chi connectivity index (χ1v) is 9.34. The molecule has 2 heterocycles. The van der Waals surface area contributed by atoms with Crippen LogP contribution in [-0.2, 0) is 15.0 Å². The summed E-state index contributed by atoms with van der Waals surface area (Å²) in [6, 6.07) is 2.92. The Bertz CT molecular complexity index is 723. The minimum atomic E-state index is -4.02. The van der Waals surface area contributed by atoms with Crippen LogP contribution in [-0.4, -0.2) is 58.8 Å². The number of nitrogens with zero attached hydrogens (tertiary/aromatic N) is 3. The summed E-state index contributed by atoms with van der Waals surface area (Å²) >= 11 is 12.0. The lowest BCUT2D eigenvalue weighted by atomic mass is 9.95. The average molecular weight is 382 g/mol. The van der Waals surface area contributed by atoms with Gasteiger partial charge in [0.25, 0.3) is 10.3 Å². The van der Waals surface area contributed by atoms with Gasteiger partial charge >= 0.3 is 0 Å². The number of halogens is 3. The quantitative estimate of drug-likeness (QED) is 0.738. The molecule has 5 nitrogen and oxygen atoms in total. The van der Waals surface area contributed by atoms with Crippen molar-refractivity contribution in [2.75, 3.05) is 39.8 Å². The van der Waals surface area contributed by atoms with E-state index in [0.29, 0.717) is 28.8 Å². The molecule has 1 aromatic rings. The summed E-state index contributed by atoms with van der Waals surface area (Å²) in [5.74, 6) is 0. The topological polar surface area (TPSA) is 45.1 Å². The van der Waals surface area contributed by atoms with E-state index in [0.717, 1.165) is 6.54 Å². The van der Waals surface area contributed by atoms with Crippen molar-refractivity contribution in [2.45, 2.75) is 12.5 Å². The van der Waals surface area contributed by atoms with Gasteiger partial charge in [0.05, 0.1) is 12.3 Å². The highest BCUT2D eigenvalue weighted by atomic mass is 35.5. The maximum Gasteiger partial charge on any atom is 0.276 e.